The summed E-state index contributed by atoms with van der Waals surface area (Å²) >= 11 is 0. The molecule has 0 spiro atoms. The van der Waals surface area contributed by atoms with Crippen molar-refractivity contribution in [3.05, 3.63) is 89.7 Å². The van der Waals surface area contributed by atoms with Crippen LogP contribution in [-0.4, -0.2) is 4.98 Å². The predicted octanol–water partition coefficient (Wildman–Crippen LogP) is 5.46. The lowest BCUT2D eigenvalue weighted by Crippen LogP contribution is -2.17. The highest BCUT2D eigenvalue weighted by Crippen LogP contribution is 2.39. The van der Waals surface area contributed by atoms with Gasteiger partial charge in [-0.1, -0.05) is 55.5 Å². The van der Waals surface area contributed by atoms with Gasteiger partial charge in [0, 0.05) is 18.3 Å². The molecule has 0 fully saturated rings. The lowest BCUT2D eigenvalue weighted by molar-refractivity contribution is 0.464. The molecule has 1 aliphatic carbocycles. The molecule has 0 unspecified atom stereocenters. The fourth-order valence-corrected chi connectivity index (χ4v) is 3.84. The monoisotopic (exact) mass is 299 g/mol. The smallest absolute Gasteiger partial charge is 0.0273 e. The Bertz CT molecular complexity index is 807. The molecule has 1 aliphatic rings. The van der Waals surface area contributed by atoms with Crippen LogP contribution in [-0.2, 0) is 6.42 Å². The Morgan fingerprint density at radius 2 is 1.70 bits per heavy atom. The van der Waals surface area contributed by atoms with E-state index in [2.05, 4.69) is 72.6 Å². The summed E-state index contributed by atoms with van der Waals surface area (Å²) < 4.78 is 0. The predicted molar refractivity (Wildman–Crippen MR) is 95.4 cm³/mol. The topological polar surface area (TPSA) is 12.9 Å². The van der Waals surface area contributed by atoms with E-state index in [1.54, 1.807) is 0 Å². The van der Waals surface area contributed by atoms with Crippen molar-refractivity contribution in [3.63, 3.8) is 0 Å². The minimum Gasteiger partial charge on any atom is -0.265 e. The largest absolute Gasteiger partial charge is 0.265 e. The third kappa shape index (κ3) is 2.79. The highest BCUT2D eigenvalue weighted by molar-refractivity contribution is 5.64. The summed E-state index contributed by atoms with van der Waals surface area (Å²) in [6.45, 7) is 2.37. The molecule has 114 valence electrons. The standard InChI is InChI=1S/C22H21N/c1-16-13-19-5-2-3-8-21(19)22(14-16)20-7-4-6-18(15-20)17-9-11-23-12-10-17/h2-12,15-16,22H,13-14H2,1H3/t16-,22+/m1/s1. The van der Waals surface area contributed by atoms with Gasteiger partial charge < -0.3 is 0 Å². The van der Waals surface area contributed by atoms with E-state index in [4.69, 9.17) is 0 Å². The van der Waals surface area contributed by atoms with Gasteiger partial charge in [-0.25, -0.2) is 0 Å². The van der Waals surface area contributed by atoms with Crippen molar-refractivity contribution in [1.82, 2.24) is 4.98 Å². The normalized spacial score (nSPS) is 20.0. The summed E-state index contributed by atoms with van der Waals surface area (Å²) in [5.41, 5.74) is 6.97. The van der Waals surface area contributed by atoms with Crippen LogP contribution < -0.4 is 0 Å². The molecular weight excluding hydrogens is 278 g/mol. The number of benzene rings is 2. The van der Waals surface area contributed by atoms with Gasteiger partial charge in [-0.3, -0.25) is 4.98 Å². The number of rotatable bonds is 2. The van der Waals surface area contributed by atoms with Gasteiger partial charge in [-0.05, 0) is 58.7 Å². The van der Waals surface area contributed by atoms with E-state index >= 15 is 0 Å². The fourth-order valence-electron chi connectivity index (χ4n) is 3.84. The molecule has 1 heteroatoms. The molecule has 0 N–H and O–H groups in total. The fraction of sp³-hybridized carbons (Fsp3) is 0.227. The Labute approximate surface area is 138 Å². The Morgan fingerprint density at radius 1 is 0.870 bits per heavy atom. The van der Waals surface area contributed by atoms with Gasteiger partial charge in [0.25, 0.3) is 0 Å². The molecule has 2 aromatic carbocycles. The van der Waals surface area contributed by atoms with Crippen molar-refractivity contribution in [2.45, 2.75) is 25.7 Å². The van der Waals surface area contributed by atoms with Crippen LogP contribution in [0.5, 0.6) is 0 Å². The summed E-state index contributed by atoms with van der Waals surface area (Å²) in [5.74, 6) is 1.25. The molecule has 1 aromatic heterocycles. The van der Waals surface area contributed by atoms with Crippen molar-refractivity contribution >= 4 is 0 Å². The Hall–Kier alpha value is -2.41. The van der Waals surface area contributed by atoms with Crippen LogP contribution in [0.3, 0.4) is 0 Å². The quantitative estimate of drug-likeness (QED) is 0.612. The minimum absolute atomic E-state index is 0.511. The first kappa shape index (κ1) is 14.2. The van der Waals surface area contributed by atoms with Gasteiger partial charge in [0.05, 0.1) is 0 Å². The van der Waals surface area contributed by atoms with Gasteiger partial charge >= 0.3 is 0 Å². The van der Waals surface area contributed by atoms with Crippen LogP contribution in [0.1, 0.15) is 36.0 Å². The SMILES string of the molecule is C[C@@H]1Cc2ccccc2[C@H](c2cccc(-c3ccncc3)c2)C1. The lowest BCUT2D eigenvalue weighted by atomic mass is 9.74. The zero-order chi connectivity index (χ0) is 15.6. The summed E-state index contributed by atoms with van der Waals surface area (Å²) in [4.78, 5) is 4.12. The maximum absolute atomic E-state index is 4.12. The molecule has 0 saturated carbocycles. The molecule has 1 heterocycles. The van der Waals surface area contributed by atoms with Gasteiger partial charge in [0.1, 0.15) is 0 Å². The van der Waals surface area contributed by atoms with Crippen LogP contribution in [0.4, 0.5) is 0 Å². The van der Waals surface area contributed by atoms with E-state index < -0.39 is 0 Å². The second kappa shape index (κ2) is 6.00. The number of fused-ring (bicyclic) bond motifs is 1. The van der Waals surface area contributed by atoms with E-state index in [9.17, 15) is 0 Å². The molecule has 4 rings (SSSR count). The molecule has 0 aliphatic heterocycles. The van der Waals surface area contributed by atoms with Gasteiger partial charge in [0.15, 0.2) is 0 Å². The Morgan fingerprint density at radius 3 is 2.57 bits per heavy atom. The second-order valence-electron chi connectivity index (χ2n) is 6.66. The van der Waals surface area contributed by atoms with Gasteiger partial charge in [-0.2, -0.15) is 0 Å². The Kier molecular flexibility index (Phi) is 3.70. The van der Waals surface area contributed by atoms with E-state index in [1.165, 1.54) is 40.7 Å². The van der Waals surface area contributed by atoms with Crippen molar-refractivity contribution in [3.8, 4) is 11.1 Å². The average Bonchev–Trinajstić information content (AvgIpc) is 2.62. The van der Waals surface area contributed by atoms with Crippen molar-refractivity contribution in [2.24, 2.45) is 5.92 Å². The van der Waals surface area contributed by atoms with Crippen LogP contribution in [0, 0.1) is 5.92 Å². The number of hydrogen-bond donors (Lipinski definition) is 0. The number of hydrogen-bond acceptors (Lipinski definition) is 1. The summed E-state index contributed by atoms with van der Waals surface area (Å²) in [7, 11) is 0. The maximum atomic E-state index is 4.12. The van der Waals surface area contributed by atoms with Crippen LogP contribution in [0.2, 0.25) is 0 Å². The molecule has 0 saturated heterocycles. The molecule has 23 heavy (non-hydrogen) atoms. The zero-order valence-electron chi connectivity index (χ0n) is 13.4. The van der Waals surface area contributed by atoms with Crippen molar-refractivity contribution in [1.29, 1.82) is 0 Å². The first-order chi connectivity index (χ1) is 11.3. The van der Waals surface area contributed by atoms with Gasteiger partial charge in [-0.15, -0.1) is 0 Å². The summed E-state index contributed by atoms with van der Waals surface area (Å²) in [6.07, 6.45) is 6.16. The van der Waals surface area contributed by atoms with Crippen LogP contribution in [0.25, 0.3) is 11.1 Å². The van der Waals surface area contributed by atoms with E-state index in [0.717, 1.165) is 5.92 Å². The van der Waals surface area contributed by atoms with Crippen molar-refractivity contribution in [2.75, 3.05) is 0 Å². The van der Waals surface area contributed by atoms with Crippen LogP contribution in [0.15, 0.2) is 73.1 Å². The molecule has 1 nitrogen and oxygen atoms in total. The molecule has 0 bridgehead atoms. The highest BCUT2D eigenvalue weighted by atomic mass is 14.6. The van der Waals surface area contributed by atoms with Crippen LogP contribution >= 0.6 is 0 Å². The van der Waals surface area contributed by atoms with E-state index in [0.29, 0.717) is 5.92 Å². The number of nitrogens with zero attached hydrogens (tertiary/aromatic N) is 1. The minimum atomic E-state index is 0.511. The molecular formula is C22H21N. The third-order valence-electron chi connectivity index (χ3n) is 4.94. The number of aromatic nitrogens is 1. The zero-order valence-corrected chi connectivity index (χ0v) is 13.4. The third-order valence-corrected chi connectivity index (χ3v) is 4.94. The molecule has 0 amide bonds. The summed E-state index contributed by atoms with van der Waals surface area (Å²) in [6, 6.07) is 22.1. The summed E-state index contributed by atoms with van der Waals surface area (Å²) in [5, 5.41) is 0. The molecule has 3 aromatic rings. The Balaban J connectivity index is 1.77. The second-order valence-corrected chi connectivity index (χ2v) is 6.66. The highest BCUT2D eigenvalue weighted by Gasteiger charge is 2.25. The average molecular weight is 299 g/mol. The number of pyridine rings is 1. The van der Waals surface area contributed by atoms with Gasteiger partial charge in [0.2, 0.25) is 0 Å². The first-order valence-electron chi connectivity index (χ1n) is 8.39. The molecule has 0 radical (unpaired) electrons. The van der Waals surface area contributed by atoms with E-state index in [-0.39, 0.29) is 0 Å². The lowest BCUT2D eigenvalue weighted by Gasteiger charge is -2.30. The van der Waals surface area contributed by atoms with E-state index in [1.807, 2.05) is 12.4 Å². The van der Waals surface area contributed by atoms with Crippen molar-refractivity contribution < 1.29 is 0 Å². The first-order valence-corrected chi connectivity index (χ1v) is 8.39. The maximum Gasteiger partial charge on any atom is 0.0273 e. The molecule has 2 atom stereocenters.